The van der Waals surface area contributed by atoms with E-state index >= 15 is 0 Å². The van der Waals surface area contributed by atoms with Gasteiger partial charge in [-0.1, -0.05) is 26.7 Å². The van der Waals surface area contributed by atoms with Crippen molar-refractivity contribution in [1.82, 2.24) is 0 Å². The molecule has 0 amide bonds. The quantitative estimate of drug-likeness (QED) is 0.722. The average molecular weight is 215 g/mol. The van der Waals surface area contributed by atoms with Crippen molar-refractivity contribution < 1.29 is 8.42 Å². The van der Waals surface area contributed by atoms with Crippen LogP contribution in [0, 0.1) is 16.7 Å². The highest BCUT2D eigenvalue weighted by molar-refractivity contribution is 7.92. The first kappa shape index (κ1) is 11.5. The molecule has 0 radical (unpaired) electrons. The summed E-state index contributed by atoms with van der Waals surface area (Å²) in [6.45, 7) is 4.13. The van der Waals surface area contributed by atoms with Gasteiger partial charge < -0.3 is 0 Å². The summed E-state index contributed by atoms with van der Waals surface area (Å²) in [5, 5.41) is 8.97. The smallest absolute Gasteiger partial charge is 0.166 e. The Morgan fingerprint density at radius 1 is 1.29 bits per heavy atom. The first-order chi connectivity index (χ1) is 6.35. The zero-order valence-corrected chi connectivity index (χ0v) is 9.82. The molecule has 0 heterocycles. The number of rotatable bonds is 3. The maximum Gasteiger partial charge on any atom is 0.166 e. The van der Waals surface area contributed by atoms with Crippen molar-refractivity contribution in [2.75, 3.05) is 6.26 Å². The van der Waals surface area contributed by atoms with Crippen molar-refractivity contribution in [3.63, 3.8) is 0 Å². The monoisotopic (exact) mass is 215 g/mol. The Morgan fingerprint density at radius 2 is 1.71 bits per heavy atom. The molecule has 0 aromatic rings. The Labute approximate surface area is 86.0 Å². The van der Waals surface area contributed by atoms with Crippen LogP contribution in [-0.2, 0) is 9.84 Å². The highest BCUT2D eigenvalue weighted by Crippen LogP contribution is 2.56. The molecule has 1 fully saturated rings. The van der Waals surface area contributed by atoms with E-state index in [0.717, 1.165) is 12.8 Å². The van der Waals surface area contributed by atoms with Crippen LogP contribution in [0.2, 0.25) is 0 Å². The lowest BCUT2D eigenvalue weighted by atomic mass is 9.59. The molecule has 0 unspecified atom stereocenters. The molecule has 0 saturated heterocycles. The number of nitrogens with zero attached hydrogens (tertiary/aromatic N) is 1. The third-order valence-corrected chi connectivity index (χ3v) is 5.53. The minimum Gasteiger partial charge on any atom is -0.227 e. The summed E-state index contributed by atoms with van der Waals surface area (Å²) in [7, 11) is -3.23. The molecule has 0 N–H and O–H groups in total. The molecule has 14 heavy (non-hydrogen) atoms. The van der Waals surface area contributed by atoms with Crippen molar-refractivity contribution in [3.05, 3.63) is 0 Å². The molecule has 0 aromatic heterocycles. The van der Waals surface area contributed by atoms with Crippen LogP contribution in [0.1, 0.15) is 39.5 Å². The van der Waals surface area contributed by atoms with Gasteiger partial charge in [0, 0.05) is 6.26 Å². The summed E-state index contributed by atoms with van der Waals surface area (Å²) >= 11 is 0. The third-order valence-electron chi connectivity index (χ3n) is 3.73. The molecule has 0 spiro atoms. The zero-order valence-electron chi connectivity index (χ0n) is 9.00. The second-order valence-corrected chi connectivity index (χ2v) is 6.76. The minimum atomic E-state index is -3.23. The first-order valence-electron chi connectivity index (χ1n) is 4.95. The van der Waals surface area contributed by atoms with Crippen LogP contribution in [0.4, 0.5) is 0 Å². The Balaban J connectivity index is 2.93. The van der Waals surface area contributed by atoms with E-state index < -0.39 is 14.6 Å². The Kier molecular flexibility index (Phi) is 2.66. The highest BCUT2D eigenvalue weighted by atomic mass is 32.2. The van der Waals surface area contributed by atoms with Crippen LogP contribution in [0.25, 0.3) is 0 Å². The second-order valence-electron chi connectivity index (χ2n) is 4.44. The molecule has 1 aliphatic carbocycles. The van der Waals surface area contributed by atoms with E-state index in [1.807, 2.05) is 6.07 Å². The van der Waals surface area contributed by atoms with Gasteiger partial charge in [0.15, 0.2) is 14.6 Å². The fourth-order valence-corrected chi connectivity index (χ4v) is 3.64. The van der Waals surface area contributed by atoms with Crippen molar-refractivity contribution in [3.8, 4) is 6.07 Å². The number of hydrogen-bond donors (Lipinski definition) is 0. The van der Waals surface area contributed by atoms with Gasteiger partial charge in [0.25, 0.3) is 0 Å². The standard InChI is InChI=1S/C10H17NO2S/c1-4-9(5-2)6-10(7-9,8-11)14(3,12)13/h4-7H2,1-3H3. The Hall–Kier alpha value is -0.560. The molecule has 0 atom stereocenters. The molecule has 4 heteroatoms. The first-order valence-corrected chi connectivity index (χ1v) is 6.85. The molecular formula is C10H17NO2S. The van der Waals surface area contributed by atoms with Gasteiger partial charge in [-0.25, -0.2) is 8.42 Å². The zero-order chi connectivity index (χ0) is 11.0. The average Bonchev–Trinajstić information content (AvgIpc) is 2.03. The summed E-state index contributed by atoms with van der Waals surface area (Å²) in [6, 6.07) is 1.99. The summed E-state index contributed by atoms with van der Waals surface area (Å²) < 4.78 is 21.8. The van der Waals surface area contributed by atoms with Crippen molar-refractivity contribution in [2.24, 2.45) is 5.41 Å². The van der Waals surface area contributed by atoms with Gasteiger partial charge in [-0.2, -0.15) is 5.26 Å². The summed E-state index contributed by atoms with van der Waals surface area (Å²) in [5.41, 5.74) is 0.0960. The highest BCUT2D eigenvalue weighted by Gasteiger charge is 2.59. The number of hydrogen-bond acceptors (Lipinski definition) is 3. The van der Waals surface area contributed by atoms with Crippen LogP contribution >= 0.6 is 0 Å². The second kappa shape index (κ2) is 3.23. The summed E-state index contributed by atoms with van der Waals surface area (Å²) in [4.78, 5) is 0. The fourth-order valence-electron chi connectivity index (χ4n) is 2.33. The molecule has 0 aliphatic heterocycles. The van der Waals surface area contributed by atoms with Crippen molar-refractivity contribution in [1.29, 1.82) is 5.26 Å². The molecule has 1 aliphatic rings. The van der Waals surface area contributed by atoms with Crippen LogP contribution in [-0.4, -0.2) is 19.4 Å². The van der Waals surface area contributed by atoms with Gasteiger partial charge in [0.2, 0.25) is 0 Å². The van der Waals surface area contributed by atoms with E-state index in [0.29, 0.717) is 12.8 Å². The summed E-state index contributed by atoms with van der Waals surface area (Å²) in [6.07, 6.45) is 4.13. The fraction of sp³-hybridized carbons (Fsp3) is 0.900. The van der Waals surface area contributed by atoms with E-state index in [1.165, 1.54) is 6.26 Å². The lowest BCUT2D eigenvalue weighted by Crippen LogP contribution is -2.55. The van der Waals surface area contributed by atoms with Gasteiger partial charge in [-0.3, -0.25) is 0 Å². The van der Waals surface area contributed by atoms with Crippen LogP contribution in [0.15, 0.2) is 0 Å². The van der Waals surface area contributed by atoms with Gasteiger partial charge >= 0.3 is 0 Å². The summed E-state index contributed by atoms with van der Waals surface area (Å²) in [5.74, 6) is 0. The van der Waals surface area contributed by atoms with Crippen LogP contribution in [0.3, 0.4) is 0 Å². The Morgan fingerprint density at radius 3 is 1.93 bits per heavy atom. The maximum atomic E-state index is 11.5. The molecule has 80 valence electrons. The number of sulfone groups is 1. The normalized spacial score (nSPS) is 23.6. The maximum absolute atomic E-state index is 11.5. The van der Waals surface area contributed by atoms with Gasteiger partial charge in [0.05, 0.1) is 6.07 Å². The molecular weight excluding hydrogens is 198 g/mol. The van der Waals surface area contributed by atoms with Crippen LogP contribution in [0.5, 0.6) is 0 Å². The van der Waals surface area contributed by atoms with E-state index in [-0.39, 0.29) is 5.41 Å². The molecule has 1 rings (SSSR count). The molecule has 3 nitrogen and oxygen atoms in total. The van der Waals surface area contributed by atoms with Crippen LogP contribution < -0.4 is 0 Å². The number of nitriles is 1. The van der Waals surface area contributed by atoms with Crippen molar-refractivity contribution >= 4 is 9.84 Å². The lowest BCUT2D eigenvalue weighted by Gasteiger charge is -2.51. The lowest BCUT2D eigenvalue weighted by molar-refractivity contribution is 0.0931. The molecule has 0 aromatic carbocycles. The predicted molar refractivity (Wildman–Crippen MR) is 55.4 cm³/mol. The third kappa shape index (κ3) is 1.44. The van der Waals surface area contributed by atoms with Gasteiger partial charge in [0.1, 0.15) is 0 Å². The van der Waals surface area contributed by atoms with Gasteiger partial charge in [-0.15, -0.1) is 0 Å². The van der Waals surface area contributed by atoms with E-state index in [1.54, 1.807) is 0 Å². The SMILES string of the molecule is CCC1(CC)CC(C#N)(S(C)(=O)=O)C1. The van der Waals surface area contributed by atoms with Crippen molar-refractivity contribution in [2.45, 2.75) is 44.3 Å². The Bertz CT molecular complexity index is 352. The van der Waals surface area contributed by atoms with E-state index in [9.17, 15) is 8.42 Å². The minimum absolute atomic E-state index is 0.0960. The largest absolute Gasteiger partial charge is 0.227 e. The van der Waals surface area contributed by atoms with Gasteiger partial charge in [-0.05, 0) is 18.3 Å². The molecule has 1 saturated carbocycles. The molecule has 0 bridgehead atoms. The van der Waals surface area contributed by atoms with E-state index in [2.05, 4.69) is 13.8 Å². The van der Waals surface area contributed by atoms with E-state index in [4.69, 9.17) is 5.26 Å². The topological polar surface area (TPSA) is 57.9 Å². The predicted octanol–water partition coefficient (Wildman–Crippen LogP) is 1.89.